The van der Waals surface area contributed by atoms with Crippen molar-refractivity contribution >= 4 is 23.4 Å². The highest BCUT2D eigenvalue weighted by Gasteiger charge is 2.16. The molecule has 1 saturated carbocycles. The quantitative estimate of drug-likeness (QED) is 0.829. The molecule has 0 atom stereocenters. The summed E-state index contributed by atoms with van der Waals surface area (Å²) < 4.78 is 3.00. The highest BCUT2D eigenvalue weighted by Crippen LogP contribution is 2.26. The van der Waals surface area contributed by atoms with Crippen molar-refractivity contribution < 1.29 is 0 Å². The Morgan fingerprint density at radius 2 is 2.11 bits per heavy atom. The molecule has 0 aliphatic heterocycles. The van der Waals surface area contributed by atoms with Crippen LogP contribution in [0.15, 0.2) is 12.1 Å². The number of aryl methyl sites for hydroxylation is 1. The van der Waals surface area contributed by atoms with Crippen molar-refractivity contribution in [2.75, 3.05) is 0 Å². The third kappa shape index (κ3) is 2.21. The van der Waals surface area contributed by atoms with Gasteiger partial charge in [-0.3, -0.25) is 0 Å². The number of aromatic amines is 1. The van der Waals surface area contributed by atoms with Crippen LogP contribution in [0.5, 0.6) is 0 Å². The maximum absolute atomic E-state index is 5.43. The monoisotopic (exact) mass is 261 g/mol. The molecule has 2 heterocycles. The lowest BCUT2D eigenvalue weighted by Gasteiger charge is -2.21. The molecular formula is C14H19N3S. The fourth-order valence-corrected chi connectivity index (χ4v) is 3.19. The molecule has 2 aromatic heterocycles. The topological polar surface area (TPSA) is 33.6 Å². The zero-order valence-corrected chi connectivity index (χ0v) is 11.6. The Balaban J connectivity index is 1.97. The second-order valence-corrected chi connectivity index (χ2v) is 5.76. The van der Waals surface area contributed by atoms with Gasteiger partial charge in [0.05, 0.1) is 5.52 Å². The Bertz CT molecular complexity index is 605. The van der Waals surface area contributed by atoms with Crippen LogP contribution in [0.2, 0.25) is 0 Å². The summed E-state index contributed by atoms with van der Waals surface area (Å²) in [6, 6.07) is 4.10. The van der Waals surface area contributed by atoms with Crippen LogP contribution in [-0.4, -0.2) is 14.5 Å². The predicted octanol–water partition coefficient (Wildman–Crippen LogP) is 3.98. The second kappa shape index (κ2) is 4.84. The number of hydrogen-bond donors (Lipinski definition) is 1. The van der Waals surface area contributed by atoms with Crippen LogP contribution in [0, 0.1) is 17.6 Å². The fraction of sp³-hybridized carbons (Fsp3) is 0.571. The Morgan fingerprint density at radius 3 is 2.89 bits per heavy atom. The maximum atomic E-state index is 5.43. The average Bonchev–Trinajstić information content (AvgIpc) is 2.67. The molecule has 18 heavy (non-hydrogen) atoms. The van der Waals surface area contributed by atoms with Gasteiger partial charge >= 0.3 is 0 Å². The molecule has 1 fully saturated rings. The minimum Gasteiger partial charge on any atom is -0.329 e. The molecule has 3 nitrogen and oxygen atoms in total. The summed E-state index contributed by atoms with van der Waals surface area (Å²) in [6.07, 6.45) is 6.80. The lowest BCUT2D eigenvalue weighted by molar-refractivity contribution is 0.320. The molecule has 0 aromatic carbocycles. The van der Waals surface area contributed by atoms with E-state index in [9.17, 15) is 0 Å². The van der Waals surface area contributed by atoms with Crippen molar-refractivity contribution in [1.29, 1.82) is 0 Å². The molecule has 0 radical (unpaired) electrons. The smallest absolute Gasteiger partial charge is 0.179 e. The molecule has 0 saturated heterocycles. The van der Waals surface area contributed by atoms with Gasteiger partial charge in [-0.05, 0) is 50.0 Å². The first-order valence-electron chi connectivity index (χ1n) is 6.80. The first kappa shape index (κ1) is 11.9. The Kier molecular flexibility index (Phi) is 3.20. The van der Waals surface area contributed by atoms with E-state index in [-0.39, 0.29) is 0 Å². The highest BCUT2D eigenvalue weighted by atomic mass is 32.1. The summed E-state index contributed by atoms with van der Waals surface area (Å²) in [7, 11) is 0. The normalized spacial score (nSPS) is 17.4. The molecule has 96 valence electrons. The lowest BCUT2D eigenvalue weighted by Crippen LogP contribution is -2.14. The SMILES string of the molecule is Cc1ccc2[nH]c(=S)n(CC3CCCCC3)c2n1. The van der Waals surface area contributed by atoms with E-state index in [1.54, 1.807) is 0 Å². The summed E-state index contributed by atoms with van der Waals surface area (Å²) in [5, 5.41) is 0. The van der Waals surface area contributed by atoms with Crippen molar-refractivity contribution in [3.8, 4) is 0 Å². The molecule has 0 amide bonds. The molecule has 1 aliphatic carbocycles. The Morgan fingerprint density at radius 1 is 1.33 bits per heavy atom. The van der Waals surface area contributed by atoms with Crippen molar-refractivity contribution in [1.82, 2.24) is 14.5 Å². The van der Waals surface area contributed by atoms with Crippen molar-refractivity contribution in [3.05, 3.63) is 22.6 Å². The summed E-state index contributed by atoms with van der Waals surface area (Å²) in [6.45, 7) is 3.05. The highest BCUT2D eigenvalue weighted by molar-refractivity contribution is 7.71. The van der Waals surface area contributed by atoms with Gasteiger partial charge in [0.2, 0.25) is 0 Å². The largest absolute Gasteiger partial charge is 0.329 e. The van der Waals surface area contributed by atoms with E-state index < -0.39 is 0 Å². The van der Waals surface area contributed by atoms with Crippen molar-refractivity contribution in [3.63, 3.8) is 0 Å². The third-order valence-electron chi connectivity index (χ3n) is 3.92. The van der Waals surface area contributed by atoms with Crippen LogP contribution < -0.4 is 0 Å². The number of imidazole rings is 1. The number of nitrogens with one attached hydrogen (secondary N) is 1. The minimum atomic E-state index is 0.770. The second-order valence-electron chi connectivity index (χ2n) is 5.37. The molecule has 0 bridgehead atoms. The van der Waals surface area contributed by atoms with E-state index >= 15 is 0 Å². The van der Waals surface area contributed by atoms with Gasteiger partial charge in [-0.15, -0.1) is 0 Å². The lowest BCUT2D eigenvalue weighted by atomic mass is 9.89. The zero-order valence-electron chi connectivity index (χ0n) is 10.8. The number of rotatable bonds is 2. The van der Waals surface area contributed by atoms with Gasteiger partial charge in [0, 0.05) is 12.2 Å². The molecule has 0 unspecified atom stereocenters. The number of hydrogen-bond acceptors (Lipinski definition) is 2. The molecular weight excluding hydrogens is 242 g/mol. The van der Waals surface area contributed by atoms with Crippen LogP contribution in [0.4, 0.5) is 0 Å². The van der Waals surface area contributed by atoms with E-state index in [0.717, 1.165) is 34.1 Å². The Hall–Kier alpha value is -1.16. The third-order valence-corrected chi connectivity index (χ3v) is 4.24. The van der Waals surface area contributed by atoms with Crippen molar-refractivity contribution in [2.45, 2.75) is 45.6 Å². The van der Waals surface area contributed by atoms with Gasteiger partial charge in [-0.25, -0.2) is 4.98 Å². The Labute approximate surface area is 112 Å². The maximum Gasteiger partial charge on any atom is 0.179 e. The van der Waals surface area contributed by atoms with E-state index in [4.69, 9.17) is 12.2 Å². The van der Waals surface area contributed by atoms with E-state index in [0.29, 0.717) is 0 Å². The van der Waals surface area contributed by atoms with Gasteiger partial charge in [0.25, 0.3) is 0 Å². The van der Waals surface area contributed by atoms with Gasteiger partial charge in [-0.2, -0.15) is 0 Å². The van der Waals surface area contributed by atoms with E-state index in [1.807, 2.05) is 13.0 Å². The molecule has 1 aliphatic rings. The van der Waals surface area contributed by atoms with Crippen LogP contribution >= 0.6 is 12.2 Å². The molecule has 2 aromatic rings. The average molecular weight is 261 g/mol. The van der Waals surface area contributed by atoms with E-state index in [2.05, 4.69) is 20.6 Å². The number of aromatic nitrogens is 3. The molecule has 1 N–H and O–H groups in total. The van der Waals surface area contributed by atoms with Crippen LogP contribution in [0.1, 0.15) is 37.8 Å². The predicted molar refractivity (Wildman–Crippen MR) is 76.2 cm³/mol. The van der Waals surface area contributed by atoms with Gasteiger partial charge in [-0.1, -0.05) is 19.3 Å². The van der Waals surface area contributed by atoms with Crippen LogP contribution in [0.3, 0.4) is 0 Å². The summed E-state index contributed by atoms with van der Waals surface area (Å²) >= 11 is 5.43. The van der Waals surface area contributed by atoms with Gasteiger partial charge < -0.3 is 9.55 Å². The summed E-state index contributed by atoms with van der Waals surface area (Å²) in [5.41, 5.74) is 3.13. The summed E-state index contributed by atoms with van der Waals surface area (Å²) in [4.78, 5) is 7.89. The number of pyridine rings is 1. The number of fused-ring (bicyclic) bond motifs is 1. The van der Waals surface area contributed by atoms with Gasteiger partial charge in [0.1, 0.15) is 0 Å². The van der Waals surface area contributed by atoms with Gasteiger partial charge in [0.15, 0.2) is 10.4 Å². The number of H-pyrrole nitrogens is 1. The standard InChI is InChI=1S/C14H19N3S/c1-10-7-8-12-13(15-10)17(14(18)16-12)9-11-5-3-2-4-6-11/h7-8,11H,2-6,9H2,1H3,(H,16,18). The fourth-order valence-electron chi connectivity index (χ4n) is 2.92. The van der Waals surface area contributed by atoms with Crippen LogP contribution in [-0.2, 0) is 6.54 Å². The number of nitrogens with zero attached hydrogens (tertiary/aromatic N) is 2. The summed E-state index contributed by atoms with van der Waals surface area (Å²) in [5.74, 6) is 0.770. The first-order valence-corrected chi connectivity index (χ1v) is 7.21. The van der Waals surface area contributed by atoms with Crippen LogP contribution in [0.25, 0.3) is 11.2 Å². The van der Waals surface area contributed by atoms with Crippen molar-refractivity contribution in [2.24, 2.45) is 5.92 Å². The molecule has 0 spiro atoms. The molecule has 3 rings (SSSR count). The first-order chi connectivity index (χ1) is 8.74. The molecule has 4 heteroatoms. The van der Waals surface area contributed by atoms with E-state index in [1.165, 1.54) is 32.1 Å². The minimum absolute atomic E-state index is 0.770. The zero-order chi connectivity index (χ0) is 12.5.